The Morgan fingerprint density at radius 3 is 2.82 bits per heavy atom. The number of H-pyrrole nitrogens is 1. The van der Waals surface area contributed by atoms with E-state index in [1.54, 1.807) is 0 Å². The zero-order valence-electron chi connectivity index (χ0n) is 8.38. The van der Waals surface area contributed by atoms with Crippen molar-refractivity contribution < 1.29 is 13.6 Å². The van der Waals surface area contributed by atoms with E-state index in [9.17, 15) is 13.6 Å². The highest BCUT2D eigenvalue weighted by molar-refractivity contribution is 9.10. The molecule has 17 heavy (non-hydrogen) atoms. The molecule has 0 saturated carbocycles. The fraction of sp³-hybridized carbons (Fsp3) is 0.100. The molecule has 0 bridgehead atoms. The fourth-order valence-corrected chi connectivity index (χ4v) is 1.69. The van der Waals surface area contributed by atoms with Crippen molar-refractivity contribution >= 4 is 21.7 Å². The van der Waals surface area contributed by atoms with Crippen LogP contribution in [0.4, 0.5) is 8.78 Å². The van der Waals surface area contributed by atoms with Crippen LogP contribution in [0.25, 0.3) is 0 Å². The summed E-state index contributed by atoms with van der Waals surface area (Å²) in [4.78, 5) is 15.2. The number of ketones is 1. The first-order valence-electron chi connectivity index (χ1n) is 4.60. The Morgan fingerprint density at radius 1 is 1.41 bits per heavy atom. The second kappa shape index (κ2) is 4.70. The van der Waals surface area contributed by atoms with E-state index in [1.165, 1.54) is 6.07 Å². The van der Waals surface area contributed by atoms with Crippen molar-refractivity contribution in [3.63, 3.8) is 0 Å². The lowest BCUT2D eigenvalue weighted by atomic mass is 10.1. The number of aromatic amines is 1. The van der Waals surface area contributed by atoms with Gasteiger partial charge >= 0.3 is 0 Å². The van der Waals surface area contributed by atoms with Crippen LogP contribution < -0.4 is 0 Å². The van der Waals surface area contributed by atoms with Gasteiger partial charge in [0.25, 0.3) is 0 Å². The predicted molar refractivity (Wildman–Crippen MR) is 58.5 cm³/mol. The molecule has 7 heteroatoms. The van der Waals surface area contributed by atoms with Gasteiger partial charge in [-0.2, -0.15) is 5.10 Å². The van der Waals surface area contributed by atoms with Crippen LogP contribution in [0.3, 0.4) is 0 Å². The van der Waals surface area contributed by atoms with Gasteiger partial charge in [-0.25, -0.2) is 13.8 Å². The van der Waals surface area contributed by atoms with Crippen LogP contribution in [0.5, 0.6) is 0 Å². The number of aromatic nitrogens is 3. The monoisotopic (exact) mass is 301 g/mol. The summed E-state index contributed by atoms with van der Waals surface area (Å²) in [6, 6.07) is 2.34. The second-order valence-corrected chi connectivity index (χ2v) is 4.11. The molecule has 0 aliphatic carbocycles. The zero-order chi connectivity index (χ0) is 12.4. The quantitative estimate of drug-likeness (QED) is 0.699. The van der Waals surface area contributed by atoms with Gasteiger partial charge in [0.2, 0.25) is 5.78 Å². The summed E-state index contributed by atoms with van der Waals surface area (Å²) in [5.74, 6) is -2.10. The number of carbonyl (C=O) groups is 1. The number of hydrogen-bond donors (Lipinski definition) is 1. The summed E-state index contributed by atoms with van der Waals surface area (Å²) >= 11 is 2.93. The lowest BCUT2D eigenvalue weighted by molar-refractivity contribution is 0.0981. The topological polar surface area (TPSA) is 58.6 Å². The number of nitrogens with zero attached hydrogens (tertiary/aromatic N) is 2. The highest BCUT2D eigenvalue weighted by Gasteiger charge is 2.18. The normalized spacial score (nSPS) is 10.5. The second-order valence-electron chi connectivity index (χ2n) is 3.26. The van der Waals surface area contributed by atoms with Crippen molar-refractivity contribution in [2.75, 3.05) is 0 Å². The van der Waals surface area contributed by atoms with E-state index in [0.717, 1.165) is 12.4 Å². The molecule has 0 atom stereocenters. The number of carbonyl (C=O) groups excluding carboxylic acids is 1. The molecule has 1 N–H and O–H groups in total. The van der Waals surface area contributed by atoms with E-state index in [0.29, 0.717) is 0 Å². The largest absolute Gasteiger partial charge is 0.290 e. The Labute approximate surface area is 103 Å². The fourth-order valence-electron chi connectivity index (χ4n) is 1.32. The van der Waals surface area contributed by atoms with E-state index in [1.807, 2.05) is 0 Å². The van der Waals surface area contributed by atoms with Gasteiger partial charge in [0.1, 0.15) is 18.0 Å². The third kappa shape index (κ3) is 2.38. The summed E-state index contributed by atoms with van der Waals surface area (Å²) in [6.07, 6.45) is 0.743. The van der Waals surface area contributed by atoms with Crippen molar-refractivity contribution in [3.8, 4) is 0 Å². The van der Waals surface area contributed by atoms with Gasteiger partial charge in [-0.15, -0.1) is 0 Å². The standard InChI is InChI=1S/C10H6BrF2N3O/c11-6-1-2-7(12)5(9(6)13)3-8(17)10-14-4-15-16-10/h1-2,4H,3H2,(H,14,15,16). The first-order valence-corrected chi connectivity index (χ1v) is 5.40. The van der Waals surface area contributed by atoms with Crippen LogP contribution >= 0.6 is 15.9 Å². The summed E-state index contributed by atoms with van der Waals surface area (Å²) in [5, 5.41) is 5.84. The van der Waals surface area contributed by atoms with E-state index in [-0.39, 0.29) is 15.9 Å². The highest BCUT2D eigenvalue weighted by atomic mass is 79.9. The molecule has 1 aromatic carbocycles. The van der Waals surface area contributed by atoms with Gasteiger partial charge in [-0.05, 0) is 28.1 Å². The van der Waals surface area contributed by atoms with Gasteiger partial charge in [0, 0.05) is 12.0 Å². The molecule has 88 valence electrons. The molecular formula is C10H6BrF2N3O. The van der Waals surface area contributed by atoms with Crippen molar-refractivity contribution in [3.05, 3.63) is 46.0 Å². The number of benzene rings is 1. The maximum atomic E-state index is 13.6. The van der Waals surface area contributed by atoms with Gasteiger partial charge in [-0.1, -0.05) is 0 Å². The first kappa shape index (κ1) is 11.8. The van der Waals surface area contributed by atoms with Crippen molar-refractivity contribution in [2.45, 2.75) is 6.42 Å². The Kier molecular flexibility index (Phi) is 3.28. The minimum absolute atomic E-state index is 0.0243. The van der Waals surface area contributed by atoms with Crippen LogP contribution in [0.2, 0.25) is 0 Å². The molecule has 2 aromatic rings. The molecule has 0 unspecified atom stereocenters. The third-order valence-electron chi connectivity index (χ3n) is 2.16. The number of halogens is 3. The summed E-state index contributed by atoms with van der Waals surface area (Å²) < 4.78 is 27.1. The molecule has 0 spiro atoms. The Morgan fingerprint density at radius 2 is 2.18 bits per heavy atom. The smallest absolute Gasteiger partial charge is 0.204 e. The average Bonchev–Trinajstić information content (AvgIpc) is 2.83. The molecule has 4 nitrogen and oxygen atoms in total. The molecule has 0 saturated heterocycles. The number of rotatable bonds is 3. The van der Waals surface area contributed by atoms with Gasteiger partial charge in [0.05, 0.1) is 4.47 Å². The molecule has 0 fully saturated rings. The molecule has 0 aliphatic heterocycles. The summed E-state index contributed by atoms with van der Waals surface area (Å²) in [7, 11) is 0. The van der Waals surface area contributed by atoms with Crippen LogP contribution in [0.15, 0.2) is 22.9 Å². The van der Waals surface area contributed by atoms with Crippen LogP contribution in [-0.4, -0.2) is 21.0 Å². The Balaban J connectivity index is 2.31. The molecule has 1 aromatic heterocycles. The maximum absolute atomic E-state index is 13.6. The molecule has 0 aliphatic rings. The van der Waals surface area contributed by atoms with E-state index >= 15 is 0 Å². The average molecular weight is 302 g/mol. The van der Waals surface area contributed by atoms with E-state index in [2.05, 4.69) is 31.1 Å². The molecule has 0 radical (unpaired) electrons. The van der Waals surface area contributed by atoms with Gasteiger partial charge < -0.3 is 0 Å². The molecule has 0 amide bonds. The van der Waals surface area contributed by atoms with Crippen molar-refractivity contribution in [2.24, 2.45) is 0 Å². The minimum Gasteiger partial charge on any atom is -0.290 e. The zero-order valence-corrected chi connectivity index (χ0v) is 9.96. The summed E-state index contributed by atoms with van der Waals surface area (Å²) in [5.41, 5.74) is -0.291. The molecular weight excluding hydrogens is 296 g/mol. The van der Waals surface area contributed by atoms with Crippen LogP contribution in [-0.2, 0) is 6.42 Å². The van der Waals surface area contributed by atoms with Crippen molar-refractivity contribution in [1.29, 1.82) is 0 Å². The third-order valence-corrected chi connectivity index (χ3v) is 2.77. The SMILES string of the molecule is O=C(Cc1c(F)ccc(Br)c1F)c1ncn[nH]1. The highest BCUT2D eigenvalue weighted by Crippen LogP contribution is 2.22. The first-order chi connectivity index (χ1) is 8.09. The van der Waals surface area contributed by atoms with Gasteiger partial charge in [0.15, 0.2) is 5.82 Å². The number of nitrogens with one attached hydrogen (secondary N) is 1. The minimum atomic E-state index is -0.780. The van der Waals surface area contributed by atoms with Crippen LogP contribution in [0.1, 0.15) is 16.2 Å². The lowest BCUT2D eigenvalue weighted by Crippen LogP contribution is -2.09. The summed E-state index contributed by atoms with van der Waals surface area (Å²) in [6.45, 7) is 0. The maximum Gasteiger partial charge on any atom is 0.204 e. The predicted octanol–water partition coefficient (Wildman–Crippen LogP) is 2.27. The van der Waals surface area contributed by atoms with Crippen molar-refractivity contribution in [1.82, 2.24) is 15.2 Å². The lowest BCUT2D eigenvalue weighted by Gasteiger charge is -2.04. The Hall–Kier alpha value is -1.63. The van der Waals surface area contributed by atoms with Crippen LogP contribution in [0, 0.1) is 11.6 Å². The van der Waals surface area contributed by atoms with E-state index in [4.69, 9.17) is 0 Å². The van der Waals surface area contributed by atoms with E-state index < -0.39 is 23.8 Å². The Bertz CT molecular complexity index is 557. The molecule has 1 heterocycles. The molecule has 2 rings (SSSR count). The van der Waals surface area contributed by atoms with Gasteiger partial charge in [-0.3, -0.25) is 9.89 Å². The number of hydrogen-bond acceptors (Lipinski definition) is 3. The number of Topliss-reactive ketones (excluding diaryl/α,β-unsaturated/α-hetero) is 1.